The average molecular weight is 396 g/mol. The summed E-state index contributed by atoms with van der Waals surface area (Å²) >= 11 is 5.65. The number of benzene rings is 3. The van der Waals surface area contributed by atoms with Crippen molar-refractivity contribution in [2.75, 3.05) is 10.6 Å². The van der Waals surface area contributed by atoms with E-state index in [-0.39, 0.29) is 11.6 Å². The van der Waals surface area contributed by atoms with Gasteiger partial charge in [0.2, 0.25) is 0 Å². The van der Waals surface area contributed by atoms with Gasteiger partial charge in [-0.3, -0.25) is 9.13 Å². The highest BCUT2D eigenvalue weighted by atomic mass is 32.1. The number of hydrogen-bond donors (Lipinski definition) is 2. The number of nitrogens with zero attached hydrogens (tertiary/aromatic N) is 2. The summed E-state index contributed by atoms with van der Waals surface area (Å²) in [6.45, 7) is 0.625. The summed E-state index contributed by atoms with van der Waals surface area (Å²) in [6, 6.07) is 20.7. The topological polar surface area (TPSA) is 33.9 Å². The van der Waals surface area contributed by atoms with Crippen LogP contribution < -0.4 is 10.6 Å². The summed E-state index contributed by atoms with van der Waals surface area (Å²) in [5.41, 5.74) is 2.63. The molecule has 0 atom stereocenters. The monoisotopic (exact) mass is 396 g/mol. The highest BCUT2D eigenvalue weighted by Gasteiger charge is 2.11. The normalized spacial score (nSPS) is 10.9. The average Bonchev–Trinajstić information content (AvgIpc) is 2.98. The van der Waals surface area contributed by atoms with Crippen LogP contribution in [0.2, 0.25) is 0 Å². The Morgan fingerprint density at radius 1 is 0.643 bits per heavy atom. The Hall–Kier alpha value is -3.19. The fourth-order valence-corrected chi connectivity index (χ4v) is 3.44. The van der Waals surface area contributed by atoms with Gasteiger partial charge in [0.15, 0.2) is 4.77 Å². The summed E-state index contributed by atoms with van der Waals surface area (Å²) in [5, 5.41) is 6.17. The molecule has 1 heterocycles. The van der Waals surface area contributed by atoms with E-state index in [4.69, 9.17) is 12.2 Å². The molecule has 0 aliphatic carbocycles. The molecular weight excluding hydrogens is 378 g/mol. The van der Waals surface area contributed by atoms with Crippen LogP contribution in [0.15, 0.2) is 72.8 Å². The molecule has 0 saturated heterocycles. The lowest BCUT2D eigenvalue weighted by atomic mass is 10.3. The second-order valence-corrected chi connectivity index (χ2v) is 6.62. The first-order valence-electron chi connectivity index (χ1n) is 8.80. The van der Waals surface area contributed by atoms with E-state index in [1.54, 1.807) is 36.4 Å². The molecule has 0 unspecified atom stereocenters. The maximum Gasteiger partial charge on any atom is 0.183 e. The van der Waals surface area contributed by atoms with Crippen molar-refractivity contribution in [3.63, 3.8) is 0 Å². The fraction of sp³-hybridized carbons (Fsp3) is 0.0952. The van der Waals surface area contributed by atoms with Gasteiger partial charge < -0.3 is 10.6 Å². The van der Waals surface area contributed by atoms with E-state index < -0.39 is 0 Å². The molecule has 3 aromatic carbocycles. The largest absolute Gasteiger partial charge is 0.365 e. The van der Waals surface area contributed by atoms with Gasteiger partial charge in [0.25, 0.3) is 0 Å². The van der Waals surface area contributed by atoms with E-state index in [1.165, 1.54) is 12.1 Å². The number of anilines is 2. The molecule has 0 radical (unpaired) electrons. The molecule has 1 aromatic heterocycles. The lowest BCUT2D eigenvalue weighted by molar-refractivity contribution is 0.623. The number of aromatic nitrogens is 2. The van der Waals surface area contributed by atoms with Gasteiger partial charge in [-0.15, -0.1) is 0 Å². The van der Waals surface area contributed by atoms with Crippen LogP contribution >= 0.6 is 12.2 Å². The van der Waals surface area contributed by atoms with Gasteiger partial charge in [-0.25, -0.2) is 8.78 Å². The van der Waals surface area contributed by atoms with Crippen LogP contribution in [0.25, 0.3) is 11.0 Å². The maximum atomic E-state index is 13.9. The first kappa shape index (κ1) is 18.2. The Labute approximate surface area is 166 Å². The summed E-state index contributed by atoms with van der Waals surface area (Å²) in [4.78, 5) is 0. The first-order chi connectivity index (χ1) is 13.6. The summed E-state index contributed by atoms with van der Waals surface area (Å²) in [6.07, 6.45) is 0. The predicted molar refractivity (Wildman–Crippen MR) is 111 cm³/mol. The lowest BCUT2D eigenvalue weighted by Gasteiger charge is -2.10. The molecular formula is C21H18F2N4S. The van der Waals surface area contributed by atoms with Gasteiger partial charge in [-0.05, 0) is 48.6 Å². The van der Waals surface area contributed by atoms with Gasteiger partial charge in [-0.2, -0.15) is 0 Å². The van der Waals surface area contributed by atoms with Crippen molar-refractivity contribution in [3.05, 3.63) is 89.2 Å². The van der Waals surface area contributed by atoms with Crippen LogP contribution in [-0.4, -0.2) is 9.13 Å². The first-order valence-corrected chi connectivity index (χ1v) is 9.21. The lowest BCUT2D eigenvalue weighted by Crippen LogP contribution is -2.12. The van der Waals surface area contributed by atoms with E-state index in [0.29, 0.717) is 29.5 Å². The Morgan fingerprint density at radius 2 is 1.04 bits per heavy atom. The van der Waals surface area contributed by atoms with E-state index in [9.17, 15) is 8.78 Å². The molecule has 4 aromatic rings. The van der Waals surface area contributed by atoms with Crippen LogP contribution in [-0.2, 0) is 13.3 Å². The summed E-state index contributed by atoms with van der Waals surface area (Å²) in [5.74, 6) is -0.641. The van der Waals surface area contributed by atoms with Crippen LogP contribution in [0.5, 0.6) is 0 Å². The number of imidazole rings is 1. The molecule has 4 nitrogen and oxygen atoms in total. The number of halogens is 2. The molecule has 28 heavy (non-hydrogen) atoms. The Bertz CT molecular complexity index is 1090. The minimum Gasteiger partial charge on any atom is -0.365 e. The van der Waals surface area contributed by atoms with E-state index in [2.05, 4.69) is 10.6 Å². The number of fused-ring (bicyclic) bond motifs is 1. The SMILES string of the molecule is Fc1ccccc1NCn1c(=S)n(CNc2ccccc2F)c2ccccc21. The molecule has 2 N–H and O–H groups in total. The highest BCUT2D eigenvalue weighted by Crippen LogP contribution is 2.20. The Kier molecular flexibility index (Phi) is 5.08. The quantitative estimate of drug-likeness (QED) is 0.417. The maximum absolute atomic E-state index is 13.9. The minimum atomic E-state index is -0.320. The summed E-state index contributed by atoms with van der Waals surface area (Å²) < 4.78 is 32.1. The van der Waals surface area contributed by atoms with Crippen LogP contribution in [0.3, 0.4) is 0 Å². The Balaban J connectivity index is 1.65. The molecule has 0 saturated carbocycles. The zero-order valence-electron chi connectivity index (χ0n) is 14.9. The number of nitrogens with one attached hydrogen (secondary N) is 2. The minimum absolute atomic E-state index is 0.312. The second kappa shape index (κ2) is 7.82. The van der Waals surface area contributed by atoms with Crippen molar-refractivity contribution < 1.29 is 8.78 Å². The van der Waals surface area contributed by atoms with Gasteiger partial charge in [0.05, 0.1) is 35.7 Å². The molecule has 0 fully saturated rings. The number of hydrogen-bond acceptors (Lipinski definition) is 3. The third-order valence-electron chi connectivity index (χ3n) is 4.53. The van der Waals surface area contributed by atoms with Crippen molar-refractivity contribution >= 4 is 34.6 Å². The zero-order valence-corrected chi connectivity index (χ0v) is 15.7. The van der Waals surface area contributed by atoms with Gasteiger partial charge >= 0.3 is 0 Å². The van der Waals surface area contributed by atoms with Crippen LogP contribution in [0.1, 0.15) is 0 Å². The van der Waals surface area contributed by atoms with Gasteiger partial charge in [0, 0.05) is 0 Å². The highest BCUT2D eigenvalue weighted by molar-refractivity contribution is 7.71. The van der Waals surface area contributed by atoms with Crippen molar-refractivity contribution in [3.8, 4) is 0 Å². The number of rotatable bonds is 6. The smallest absolute Gasteiger partial charge is 0.183 e. The molecule has 0 aliphatic heterocycles. The van der Waals surface area contributed by atoms with Crippen molar-refractivity contribution in [1.82, 2.24) is 9.13 Å². The van der Waals surface area contributed by atoms with Crippen LogP contribution in [0.4, 0.5) is 20.2 Å². The third kappa shape index (κ3) is 3.48. The predicted octanol–water partition coefficient (Wildman–Crippen LogP) is 5.59. The molecule has 0 spiro atoms. The molecule has 0 bridgehead atoms. The third-order valence-corrected chi connectivity index (χ3v) is 4.97. The summed E-state index contributed by atoms with van der Waals surface area (Å²) in [7, 11) is 0. The molecule has 0 aliphatic rings. The van der Waals surface area contributed by atoms with E-state index >= 15 is 0 Å². The van der Waals surface area contributed by atoms with Crippen LogP contribution in [0, 0.1) is 16.4 Å². The molecule has 0 amide bonds. The van der Waals surface area contributed by atoms with Crippen molar-refractivity contribution in [2.24, 2.45) is 0 Å². The number of para-hydroxylation sites is 4. The zero-order chi connectivity index (χ0) is 19.5. The fourth-order valence-electron chi connectivity index (χ4n) is 3.12. The molecule has 7 heteroatoms. The van der Waals surface area contributed by atoms with E-state index in [0.717, 1.165) is 11.0 Å². The van der Waals surface area contributed by atoms with Crippen molar-refractivity contribution in [2.45, 2.75) is 13.3 Å². The Morgan fingerprint density at radius 3 is 1.46 bits per heavy atom. The standard InChI is InChI=1S/C21H18F2N4S/c22-15-7-1-3-9-17(15)24-13-26-19-11-5-6-12-20(19)27(21(26)28)14-25-18-10-4-2-8-16(18)23/h1-12,24-25H,13-14H2. The van der Waals surface area contributed by atoms with E-state index in [1.807, 2.05) is 33.4 Å². The molecule has 142 valence electrons. The molecule has 4 rings (SSSR count). The van der Waals surface area contributed by atoms with Gasteiger partial charge in [-0.1, -0.05) is 36.4 Å². The van der Waals surface area contributed by atoms with Crippen molar-refractivity contribution in [1.29, 1.82) is 0 Å². The van der Waals surface area contributed by atoms with Gasteiger partial charge in [0.1, 0.15) is 11.6 Å². The second-order valence-electron chi connectivity index (χ2n) is 6.26.